The zero-order chi connectivity index (χ0) is 17.0. The van der Waals surface area contributed by atoms with E-state index in [2.05, 4.69) is 4.98 Å². The van der Waals surface area contributed by atoms with Gasteiger partial charge in [0.15, 0.2) is 9.84 Å². The van der Waals surface area contributed by atoms with E-state index in [1.165, 1.54) is 30.3 Å². The quantitative estimate of drug-likeness (QED) is 0.777. The summed E-state index contributed by atoms with van der Waals surface area (Å²) in [6, 6.07) is 2.18. The Morgan fingerprint density at radius 2 is 2.22 bits per heavy atom. The molecule has 1 amide bonds. The van der Waals surface area contributed by atoms with Crippen molar-refractivity contribution in [3.63, 3.8) is 0 Å². The van der Waals surface area contributed by atoms with Crippen LogP contribution in [0.1, 0.15) is 27.3 Å². The summed E-state index contributed by atoms with van der Waals surface area (Å²) >= 11 is 0. The van der Waals surface area contributed by atoms with Gasteiger partial charge in [-0.2, -0.15) is 0 Å². The van der Waals surface area contributed by atoms with Crippen LogP contribution in [0.3, 0.4) is 0 Å². The van der Waals surface area contributed by atoms with Crippen molar-refractivity contribution >= 4 is 21.7 Å². The van der Waals surface area contributed by atoms with Gasteiger partial charge in [0.1, 0.15) is 5.69 Å². The Hall–Kier alpha value is -2.00. The Morgan fingerprint density at radius 3 is 2.78 bits per heavy atom. The number of pyridine rings is 1. The zero-order valence-electron chi connectivity index (χ0n) is 12.6. The van der Waals surface area contributed by atoms with Crippen LogP contribution < -0.4 is 0 Å². The lowest BCUT2D eigenvalue weighted by Gasteiger charge is -2.28. The molecule has 1 saturated heterocycles. The minimum absolute atomic E-state index is 0.0468. The number of carboxylic acid groups (broad SMARTS) is 1. The lowest BCUT2D eigenvalue weighted by molar-refractivity contribution is 0.0624. The van der Waals surface area contributed by atoms with Crippen LogP contribution in [0.15, 0.2) is 18.3 Å². The van der Waals surface area contributed by atoms with Crippen molar-refractivity contribution in [2.24, 2.45) is 0 Å². The van der Waals surface area contributed by atoms with Crippen LogP contribution in [-0.4, -0.2) is 73.1 Å². The minimum Gasteiger partial charge on any atom is -0.477 e. The number of carbonyl (C=O) groups is 2. The van der Waals surface area contributed by atoms with Gasteiger partial charge < -0.3 is 14.7 Å². The Kier molecular flexibility index (Phi) is 5.32. The molecule has 0 spiro atoms. The number of aromatic carboxylic acids is 1. The molecule has 1 N–H and O–H groups in total. The third kappa shape index (κ3) is 4.26. The first-order valence-corrected chi connectivity index (χ1v) is 8.86. The first-order chi connectivity index (χ1) is 10.8. The SMILES string of the molecule is COCCN(C(=O)c1ccnc(C(=O)O)c1)C1CCS(=O)(=O)C1. The molecule has 2 heterocycles. The highest BCUT2D eigenvalue weighted by Gasteiger charge is 2.35. The van der Waals surface area contributed by atoms with Crippen LogP contribution in [0.2, 0.25) is 0 Å². The number of rotatable bonds is 6. The summed E-state index contributed by atoms with van der Waals surface area (Å²) in [6.07, 6.45) is 1.62. The number of hydrogen-bond donors (Lipinski definition) is 1. The third-order valence-corrected chi connectivity index (χ3v) is 5.42. The van der Waals surface area contributed by atoms with Crippen LogP contribution in [-0.2, 0) is 14.6 Å². The van der Waals surface area contributed by atoms with Gasteiger partial charge in [-0.3, -0.25) is 4.79 Å². The molecule has 9 heteroatoms. The molecule has 0 radical (unpaired) electrons. The lowest BCUT2D eigenvalue weighted by Crippen LogP contribution is -2.43. The summed E-state index contributed by atoms with van der Waals surface area (Å²) in [5.74, 6) is -1.69. The molecule has 1 aromatic rings. The topological polar surface area (TPSA) is 114 Å². The molecule has 1 fully saturated rings. The van der Waals surface area contributed by atoms with E-state index in [0.29, 0.717) is 6.42 Å². The maximum atomic E-state index is 12.7. The van der Waals surface area contributed by atoms with Crippen molar-refractivity contribution in [1.82, 2.24) is 9.88 Å². The van der Waals surface area contributed by atoms with E-state index < -0.39 is 27.8 Å². The first kappa shape index (κ1) is 17.4. The monoisotopic (exact) mass is 342 g/mol. The Morgan fingerprint density at radius 1 is 1.48 bits per heavy atom. The molecule has 23 heavy (non-hydrogen) atoms. The van der Waals surface area contributed by atoms with E-state index in [-0.39, 0.29) is 35.9 Å². The summed E-state index contributed by atoms with van der Waals surface area (Å²) in [6.45, 7) is 0.499. The molecule has 0 saturated carbocycles. The predicted octanol–water partition coefficient (Wildman–Crippen LogP) is 0.0555. The fraction of sp³-hybridized carbons (Fsp3) is 0.500. The van der Waals surface area contributed by atoms with Gasteiger partial charge in [0.05, 0.1) is 18.1 Å². The fourth-order valence-corrected chi connectivity index (χ4v) is 4.24. The molecule has 0 aliphatic carbocycles. The highest BCUT2D eigenvalue weighted by atomic mass is 32.2. The van der Waals surface area contributed by atoms with E-state index in [1.807, 2.05) is 0 Å². The molecule has 126 valence electrons. The van der Waals surface area contributed by atoms with E-state index in [4.69, 9.17) is 9.84 Å². The Labute approximate surface area is 134 Å². The van der Waals surface area contributed by atoms with E-state index >= 15 is 0 Å². The van der Waals surface area contributed by atoms with Crippen molar-refractivity contribution in [1.29, 1.82) is 0 Å². The zero-order valence-corrected chi connectivity index (χ0v) is 13.5. The summed E-state index contributed by atoms with van der Waals surface area (Å²) in [5, 5.41) is 8.96. The number of methoxy groups -OCH3 is 1. The first-order valence-electron chi connectivity index (χ1n) is 7.04. The highest BCUT2D eigenvalue weighted by molar-refractivity contribution is 7.91. The smallest absolute Gasteiger partial charge is 0.354 e. The number of amides is 1. The van der Waals surface area contributed by atoms with Crippen LogP contribution in [0.5, 0.6) is 0 Å². The van der Waals surface area contributed by atoms with E-state index in [1.54, 1.807) is 0 Å². The second-order valence-corrected chi connectivity index (χ2v) is 7.51. The largest absolute Gasteiger partial charge is 0.477 e. The van der Waals surface area contributed by atoms with Gasteiger partial charge in [0.2, 0.25) is 0 Å². The van der Waals surface area contributed by atoms with Gasteiger partial charge in [0, 0.05) is 31.5 Å². The molecule has 1 aliphatic heterocycles. The number of carboxylic acids is 1. The van der Waals surface area contributed by atoms with E-state index in [0.717, 1.165) is 0 Å². The second kappa shape index (κ2) is 7.05. The van der Waals surface area contributed by atoms with Gasteiger partial charge >= 0.3 is 5.97 Å². The number of nitrogens with zero attached hydrogens (tertiary/aromatic N) is 2. The van der Waals surface area contributed by atoms with Crippen molar-refractivity contribution in [3.05, 3.63) is 29.6 Å². The number of sulfone groups is 1. The molecule has 0 bridgehead atoms. The fourth-order valence-electron chi connectivity index (χ4n) is 2.51. The van der Waals surface area contributed by atoms with Crippen LogP contribution in [0.25, 0.3) is 0 Å². The molecule has 8 nitrogen and oxygen atoms in total. The normalized spacial score (nSPS) is 19.4. The van der Waals surface area contributed by atoms with Gasteiger partial charge in [-0.05, 0) is 18.6 Å². The molecule has 1 atom stereocenters. The standard InChI is InChI=1S/C14H18N2O6S/c1-22-6-5-16(11-3-7-23(20,21)9-11)13(17)10-2-4-15-12(8-10)14(18)19/h2,4,8,11H,3,5-7,9H2,1H3,(H,18,19). The minimum atomic E-state index is -3.14. The van der Waals surface area contributed by atoms with Crippen molar-refractivity contribution in [2.45, 2.75) is 12.5 Å². The van der Waals surface area contributed by atoms with Crippen molar-refractivity contribution in [3.8, 4) is 0 Å². The molecule has 1 aromatic heterocycles. The number of ether oxygens (including phenoxy) is 1. The molecule has 0 aromatic carbocycles. The maximum absolute atomic E-state index is 12.7. The van der Waals surface area contributed by atoms with Crippen LogP contribution in [0, 0.1) is 0 Å². The summed E-state index contributed by atoms with van der Waals surface area (Å²) in [5.41, 5.74) is -0.0700. The van der Waals surface area contributed by atoms with Crippen molar-refractivity contribution in [2.75, 3.05) is 31.8 Å². The third-order valence-electron chi connectivity index (χ3n) is 3.67. The summed E-state index contributed by atoms with van der Waals surface area (Å²) in [7, 11) is -1.65. The maximum Gasteiger partial charge on any atom is 0.354 e. The molecule has 1 aliphatic rings. The average molecular weight is 342 g/mol. The Bertz CT molecular complexity index is 703. The van der Waals surface area contributed by atoms with Crippen LogP contribution in [0.4, 0.5) is 0 Å². The van der Waals surface area contributed by atoms with Crippen LogP contribution >= 0.6 is 0 Å². The summed E-state index contributed by atoms with van der Waals surface area (Å²) in [4.78, 5) is 28.8. The predicted molar refractivity (Wildman–Crippen MR) is 81.2 cm³/mol. The molecular weight excluding hydrogens is 324 g/mol. The molecule has 2 rings (SSSR count). The number of hydrogen-bond acceptors (Lipinski definition) is 6. The van der Waals surface area contributed by atoms with Gasteiger partial charge in [-0.1, -0.05) is 0 Å². The molecular formula is C14H18N2O6S. The number of aromatic nitrogens is 1. The number of carbonyl (C=O) groups excluding carboxylic acids is 1. The van der Waals surface area contributed by atoms with E-state index in [9.17, 15) is 18.0 Å². The summed E-state index contributed by atoms with van der Waals surface area (Å²) < 4.78 is 28.3. The van der Waals surface area contributed by atoms with Gasteiger partial charge in [0.25, 0.3) is 5.91 Å². The average Bonchev–Trinajstić information content (AvgIpc) is 2.87. The highest BCUT2D eigenvalue weighted by Crippen LogP contribution is 2.20. The Balaban J connectivity index is 2.26. The van der Waals surface area contributed by atoms with Gasteiger partial charge in [-0.25, -0.2) is 18.2 Å². The van der Waals surface area contributed by atoms with Crippen molar-refractivity contribution < 1.29 is 27.9 Å². The molecule has 1 unspecified atom stereocenters. The second-order valence-electron chi connectivity index (χ2n) is 5.28. The van der Waals surface area contributed by atoms with Gasteiger partial charge in [-0.15, -0.1) is 0 Å². The lowest BCUT2D eigenvalue weighted by atomic mass is 10.1.